The zero-order valence-corrected chi connectivity index (χ0v) is 17.1. The maximum Gasteiger partial charge on any atom is 0.191 e. The summed E-state index contributed by atoms with van der Waals surface area (Å²) in [5.74, 6) is 2.97. The van der Waals surface area contributed by atoms with Crippen LogP contribution in [0, 0.1) is 5.92 Å². The summed E-state index contributed by atoms with van der Waals surface area (Å²) in [5.41, 5.74) is 1.41. The topological polar surface area (TPSA) is 39.7 Å². The largest absolute Gasteiger partial charge is 0.357 e. The van der Waals surface area contributed by atoms with Gasteiger partial charge < -0.3 is 10.6 Å². The summed E-state index contributed by atoms with van der Waals surface area (Å²) in [6.45, 7) is 9.58. The second kappa shape index (κ2) is 10.2. The van der Waals surface area contributed by atoms with Gasteiger partial charge in [0.15, 0.2) is 5.96 Å². The highest BCUT2D eigenvalue weighted by Crippen LogP contribution is 2.26. The van der Waals surface area contributed by atoms with E-state index in [1.807, 2.05) is 0 Å². The van der Waals surface area contributed by atoms with Gasteiger partial charge in [0, 0.05) is 44.0 Å². The third-order valence-corrected chi connectivity index (χ3v) is 6.79. The Kier molecular flexibility index (Phi) is 7.69. The molecule has 2 fully saturated rings. The number of aliphatic imine (C=N–C) groups is 1. The van der Waals surface area contributed by atoms with Crippen LogP contribution < -0.4 is 10.6 Å². The zero-order chi connectivity index (χ0) is 18.2. The van der Waals surface area contributed by atoms with Crippen molar-refractivity contribution in [2.24, 2.45) is 10.9 Å². The van der Waals surface area contributed by atoms with Crippen molar-refractivity contribution in [2.75, 3.05) is 31.9 Å². The molecular formula is C21H34N4S. The van der Waals surface area contributed by atoms with Crippen molar-refractivity contribution in [2.45, 2.75) is 50.9 Å². The fraction of sp³-hybridized carbons (Fsp3) is 0.667. The first kappa shape index (κ1) is 19.6. The van der Waals surface area contributed by atoms with Crippen molar-refractivity contribution < 1.29 is 0 Å². The van der Waals surface area contributed by atoms with E-state index >= 15 is 0 Å². The maximum atomic E-state index is 4.89. The van der Waals surface area contributed by atoms with Gasteiger partial charge in [0.05, 0.1) is 0 Å². The van der Waals surface area contributed by atoms with Crippen molar-refractivity contribution in [3.8, 4) is 0 Å². The minimum absolute atomic E-state index is 0.640. The first-order chi connectivity index (χ1) is 12.7. The predicted molar refractivity (Wildman–Crippen MR) is 114 cm³/mol. The molecule has 0 aromatic heterocycles. The Hall–Kier alpha value is -1.20. The Balaban J connectivity index is 1.47. The number of hydrogen-bond acceptors (Lipinski definition) is 3. The molecule has 1 aromatic rings. The molecule has 2 saturated heterocycles. The van der Waals surface area contributed by atoms with Crippen molar-refractivity contribution >= 4 is 17.7 Å². The highest BCUT2D eigenvalue weighted by molar-refractivity contribution is 8.00. The van der Waals surface area contributed by atoms with E-state index in [-0.39, 0.29) is 0 Å². The summed E-state index contributed by atoms with van der Waals surface area (Å²) in [5, 5.41) is 7.72. The molecular weight excluding hydrogens is 340 g/mol. The van der Waals surface area contributed by atoms with Crippen LogP contribution in [0.2, 0.25) is 0 Å². The molecule has 0 saturated carbocycles. The van der Waals surface area contributed by atoms with Gasteiger partial charge in [-0.3, -0.25) is 9.89 Å². The standard InChI is InChI=1S/C21H34N4S/c1-3-22-21(24-14-20-10-7-11-26-20)23-13-19-12-17(2)25(16-19)15-18-8-5-4-6-9-18/h4-6,8-9,17,19-20H,3,7,10-16H2,1-2H3,(H2,22,23,24). The van der Waals surface area contributed by atoms with Crippen LogP contribution in [-0.4, -0.2) is 54.1 Å². The number of rotatable bonds is 7. The molecule has 3 rings (SSSR count). The number of nitrogens with one attached hydrogen (secondary N) is 2. The Morgan fingerprint density at radius 2 is 2.12 bits per heavy atom. The second-order valence-corrected chi connectivity index (χ2v) is 9.01. The van der Waals surface area contributed by atoms with Gasteiger partial charge in [0.25, 0.3) is 0 Å². The number of nitrogens with zero attached hydrogens (tertiary/aromatic N) is 2. The Labute approximate surface area is 163 Å². The van der Waals surface area contributed by atoms with Gasteiger partial charge in [-0.05, 0) is 50.3 Å². The van der Waals surface area contributed by atoms with Crippen molar-refractivity contribution in [1.29, 1.82) is 0 Å². The lowest BCUT2D eigenvalue weighted by Crippen LogP contribution is -2.40. The molecule has 1 aromatic carbocycles. The van der Waals surface area contributed by atoms with Gasteiger partial charge in [-0.15, -0.1) is 0 Å². The lowest BCUT2D eigenvalue weighted by Gasteiger charge is -2.21. The Morgan fingerprint density at radius 1 is 1.27 bits per heavy atom. The van der Waals surface area contributed by atoms with Gasteiger partial charge in [-0.1, -0.05) is 30.3 Å². The van der Waals surface area contributed by atoms with Crippen LogP contribution in [0.5, 0.6) is 0 Å². The van der Waals surface area contributed by atoms with E-state index in [9.17, 15) is 0 Å². The van der Waals surface area contributed by atoms with E-state index in [0.717, 1.165) is 43.9 Å². The number of thioether (sulfide) groups is 1. The number of likely N-dealkylation sites (tertiary alicyclic amines) is 1. The Morgan fingerprint density at radius 3 is 2.85 bits per heavy atom. The van der Waals surface area contributed by atoms with Crippen LogP contribution in [0.15, 0.2) is 35.3 Å². The lowest BCUT2D eigenvalue weighted by atomic mass is 10.1. The molecule has 2 aliphatic rings. The summed E-state index contributed by atoms with van der Waals surface area (Å²) in [6, 6.07) is 11.5. The molecule has 3 unspecified atom stereocenters. The van der Waals surface area contributed by atoms with Crippen LogP contribution >= 0.6 is 11.8 Å². The van der Waals surface area contributed by atoms with E-state index in [4.69, 9.17) is 4.99 Å². The molecule has 0 spiro atoms. The highest BCUT2D eigenvalue weighted by Gasteiger charge is 2.28. The normalized spacial score (nSPS) is 27.0. The number of benzene rings is 1. The van der Waals surface area contributed by atoms with Gasteiger partial charge in [-0.25, -0.2) is 0 Å². The van der Waals surface area contributed by atoms with E-state index in [1.165, 1.54) is 30.6 Å². The highest BCUT2D eigenvalue weighted by atomic mass is 32.2. The van der Waals surface area contributed by atoms with E-state index in [1.54, 1.807) is 0 Å². The van der Waals surface area contributed by atoms with Gasteiger partial charge in [0.1, 0.15) is 0 Å². The minimum atomic E-state index is 0.640. The van der Waals surface area contributed by atoms with Crippen LogP contribution in [0.25, 0.3) is 0 Å². The SMILES string of the molecule is CCNC(=NCC1CC(C)N(Cc2ccccc2)C1)NCC1CCCS1. The summed E-state index contributed by atoms with van der Waals surface area (Å²) in [7, 11) is 0. The molecule has 2 heterocycles. The quantitative estimate of drug-likeness (QED) is 0.567. The number of hydrogen-bond donors (Lipinski definition) is 2. The fourth-order valence-electron chi connectivity index (χ4n) is 3.97. The van der Waals surface area contributed by atoms with Gasteiger partial charge in [0.2, 0.25) is 0 Å². The molecule has 0 amide bonds. The molecule has 4 nitrogen and oxygen atoms in total. The zero-order valence-electron chi connectivity index (χ0n) is 16.3. The summed E-state index contributed by atoms with van der Waals surface area (Å²) in [4.78, 5) is 7.49. The summed E-state index contributed by atoms with van der Waals surface area (Å²) in [6.07, 6.45) is 3.95. The van der Waals surface area contributed by atoms with Gasteiger partial charge >= 0.3 is 0 Å². The monoisotopic (exact) mass is 374 g/mol. The number of guanidine groups is 1. The molecule has 0 radical (unpaired) electrons. The molecule has 5 heteroatoms. The maximum absolute atomic E-state index is 4.89. The van der Waals surface area contributed by atoms with Crippen molar-refractivity contribution in [1.82, 2.24) is 15.5 Å². The van der Waals surface area contributed by atoms with E-state index in [0.29, 0.717) is 12.0 Å². The fourth-order valence-corrected chi connectivity index (χ4v) is 5.17. The van der Waals surface area contributed by atoms with Crippen molar-refractivity contribution in [3.05, 3.63) is 35.9 Å². The second-order valence-electron chi connectivity index (χ2n) is 7.60. The van der Waals surface area contributed by atoms with Crippen LogP contribution in [0.4, 0.5) is 0 Å². The molecule has 2 aliphatic heterocycles. The third-order valence-electron chi connectivity index (χ3n) is 5.39. The molecule has 0 bridgehead atoms. The average Bonchev–Trinajstić information content (AvgIpc) is 3.28. The molecule has 0 aliphatic carbocycles. The van der Waals surface area contributed by atoms with Gasteiger partial charge in [-0.2, -0.15) is 11.8 Å². The molecule has 2 N–H and O–H groups in total. The Bertz CT molecular complexity index is 556. The first-order valence-corrected chi connectivity index (χ1v) is 11.2. The minimum Gasteiger partial charge on any atom is -0.357 e. The summed E-state index contributed by atoms with van der Waals surface area (Å²) >= 11 is 2.10. The molecule has 26 heavy (non-hydrogen) atoms. The molecule has 3 atom stereocenters. The smallest absolute Gasteiger partial charge is 0.191 e. The first-order valence-electron chi connectivity index (χ1n) is 10.2. The van der Waals surface area contributed by atoms with Crippen LogP contribution in [0.3, 0.4) is 0 Å². The van der Waals surface area contributed by atoms with E-state index in [2.05, 4.69) is 71.5 Å². The van der Waals surface area contributed by atoms with E-state index < -0.39 is 0 Å². The lowest BCUT2D eigenvalue weighted by molar-refractivity contribution is 0.256. The third kappa shape index (κ3) is 5.92. The van der Waals surface area contributed by atoms with Crippen molar-refractivity contribution in [3.63, 3.8) is 0 Å². The summed E-state index contributed by atoms with van der Waals surface area (Å²) < 4.78 is 0. The average molecular weight is 375 g/mol. The predicted octanol–water partition coefficient (Wildman–Crippen LogP) is 3.35. The molecule has 144 valence electrons. The van der Waals surface area contributed by atoms with Crippen LogP contribution in [-0.2, 0) is 6.54 Å². The van der Waals surface area contributed by atoms with Crippen LogP contribution in [0.1, 0.15) is 38.7 Å².